The van der Waals surface area contributed by atoms with E-state index in [1.54, 1.807) is 20.8 Å². The van der Waals surface area contributed by atoms with Gasteiger partial charge in [-0.1, -0.05) is 0 Å². The average Bonchev–Trinajstić information content (AvgIpc) is 2.65. The summed E-state index contributed by atoms with van der Waals surface area (Å²) in [5.41, 5.74) is -0.676. The van der Waals surface area contributed by atoms with Gasteiger partial charge >= 0.3 is 6.09 Å². The van der Waals surface area contributed by atoms with Crippen molar-refractivity contribution in [2.75, 3.05) is 13.1 Å². The molecule has 100 valence electrons. The molecule has 1 saturated heterocycles. The molecule has 1 aliphatic heterocycles. The Morgan fingerprint density at radius 3 is 2.59 bits per heavy atom. The molecular formula is C11H20F2N2O2. The van der Waals surface area contributed by atoms with Gasteiger partial charge in [0.05, 0.1) is 12.6 Å². The fraction of sp³-hybridized carbons (Fsp3) is 0.909. The highest BCUT2D eigenvalue weighted by Gasteiger charge is 2.41. The molecule has 0 bridgehead atoms. The van der Waals surface area contributed by atoms with E-state index in [-0.39, 0.29) is 0 Å². The Morgan fingerprint density at radius 2 is 2.12 bits per heavy atom. The number of hydrogen-bond donors (Lipinski definition) is 2. The summed E-state index contributed by atoms with van der Waals surface area (Å²) >= 11 is 0. The van der Waals surface area contributed by atoms with E-state index in [0.717, 1.165) is 6.42 Å². The second-order valence-electron chi connectivity index (χ2n) is 5.27. The van der Waals surface area contributed by atoms with Crippen LogP contribution >= 0.6 is 0 Å². The highest BCUT2D eigenvalue weighted by atomic mass is 19.3. The van der Waals surface area contributed by atoms with E-state index in [0.29, 0.717) is 13.0 Å². The third-order valence-corrected chi connectivity index (χ3v) is 2.44. The lowest BCUT2D eigenvalue weighted by Gasteiger charge is -2.25. The van der Waals surface area contributed by atoms with Gasteiger partial charge in [-0.05, 0) is 40.2 Å². The fourth-order valence-corrected chi connectivity index (χ4v) is 1.67. The van der Waals surface area contributed by atoms with Crippen LogP contribution in [0.1, 0.15) is 33.6 Å². The lowest BCUT2D eigenvalue weighted by atomic mass is 10.1. The number of carbonyl (C=O) groups is 1. The zero-order valence-corrected chi connectivity index (χ0v) is 10.5. The zero-order chi connectivity index (χ0) is 13.1. The summed E-state index contributed by atoms with van der Waals surface area (Å²) in [5, 5.41) is 4.83. The van der Waals surface area contributed by atoms with Crippen LogP contribution in [0, 0.1) is 0 Å². The van der Waals surface area contributed by atoms with E-state index >= 15 is 0 Å². The number of rotatable bonds is 3. The largest absolute Gasteiger partial charge is 0.444 e. The second kappa shape index (κ2) is 5.16. The highest BCUT2D eigenvalue weighted by molar-refractivity contribution is 5.67. The van der Waals surface area contributed by atoms with Crippen molar-refractivity contribution < 1.29 is 18.3 Å². The molecule has 17 heavy (non-hydrogen) atoms. The van der Waals surface area contributed by atoms with Crippen molar-refractivity contribution in [1.29, 1.82) is 0 Å². The van der Waals surface area contributed by atoms with Crippen LogP contribution in [0.2, 0.25) is 0 Å². The van der Waals surface area contributed by atoms with Gasteiger partial charge < -0.3 is 15.4 Å². The van der Waals surface area contributed by atoms with Gasteiger partial charge in [0.25, 0.3) is 5.92 Å². The summed E-state index contributed by atoms with van der Waals surface area (Å²) in [6.45, 7) is 4.96. The molecule has 0 radical (unpaired) electrons. The lowest BCUT2D eigenvalue weighted by Crippen LogP contribution is -2.49. The molecule has 1 rings (SSSR count). The van der Waals surface area contributed by atoms with E-state index in [1.165, 1.54) is 0 Å². The minimum atomic E-state index is -2.94. The Balaban J connectivity index is 2.36. The van der Waals surface area contributed by atoms with Crippen molar-refractivity contribution in [1.82, 2.24) is 10.6 Å². The molecule has 1 aliphatic rings. The Labute approximate surface area is 100 Å². The van der Waals surface area contributed by atoms with Crippen LogP contribution < -0.4 is 10.6 Å². The van der Waals surface area contributed by atoms with Gasteiger partial charge in [0.1, 0.15) is 5.60 Å². The maximum Gasteiger partial charge on any atom is 0.407 e. The summed E-state index contributed by atoms with van der Waals surface area (Å²) in [6.07, 6.45) is 0.366. The first-order valence-corrected chi connectivity index (χ1v) is 5.79. The number of carbonyl (C=O) groups excluding carboxylic acids is 1. The molecule has 0 spiro atoms. The quantitative estimate of drug-likeness (QED) is 0.804. The van der Waals surface area contributed by atoms with Crippen molar-refractivity contribution in [3.63, 3.8) is 0 Å². The van der Waals surface area contributed by atoms with Crippen molar-refractivity contribution in [2.24, 2.45) is 0 Å². The van der Waals surface area contributed by atoms with E-state index in [4.69, 9.17) is 4.74 Å². The van der Waals surface area contributed by atoms with Gasteiger partial charge in [-0.25, -0.2) is 13.6 Å². The first-order chi connectivity index (χ1) is 7.71. The molecule has 4 nitrogen and oxygen atoms in total. The Hall–Kier alpha value is -0.910. The number of ether oxygens (including phenoxy) is 1. The molecule has 1 amide bonds. The maximum absolute atomic E-state index is 13.6. The van der Waals surface area contributed by atoms with Crippen LogP contribution in [-0.2, 0) is 4.74 Å². The molecular weight excluding hydrogens is 230 g/mol. The van der Waals surface area contributed by atoms with Crippen LogP contribution in [-0.4, -0.2) is 36.7 Å². The predicted molar refractivity (Wildman–Crippen MR) is 60.2 cm³/mol. The molecule has 1 heterocycles. The van der Waals surface area contributed by atoms with Crippen molar-refractivity contribution in [2.45, 2.75) is 51.2 Å². The van der Waals surface area contributed by atoms with Crippen molar-refractivity contribution in [3.8, 4) is 0 Å². The first-order valence-electron chi connectivity index (χ1n) is 5.79. The summed E-state index contributed by atoms with van der Waals surface area (Å²) in [4.78, 5) is 11.2. The van der Waals surface area contributed by atoms with Crippen LogP contribution in [0.5, 0.6) is 0 Å². The SMILES string of the molecule is CC(C)(C)OC(=O)NCC(F)(F)[C@@H]1CCCN1. The molecule has 0 aromatic heterocycles. The monoisotopic (exact) mass is 250 g/mol. The smallest absolute Gasteiger partial charge is 0.407 e. The average molecular weight is 250 g/mol. The summed E-state index contributed by atoms with van der Waals surface area (Å²) in [6, 6.07) is -0.850. The van der Waals surface area contributed by atoms with Gasteiger partial charge in [-0.2, -0.15) is 0 Å². The normalized spacial score (nSPS) is 21.4. The van der Waals surface area contributed by atoms with Crippen molar-refractivity contribution in [3.05, 3.63) is 0 Å². The van der Waals surface area contributed by atoms with Gasteiger partial charge in [-0.15, -0.1) is 0 Å². The zero-order valence-electron chi connectivity index (χ0n) is 10.5. The van der Waals surface area contributed by atoms with Crippen LogP contribution in [0.4, 0.5) is 13.6 Å². The van der Waals surface area contributed by atoms with Gasteiger partial charge in [-0.3, -0.25) is 0 Å². The Kier molecular flexibility index (Phi) is 4.30. The molecule has 0 aromatic carbocycles. The third-order valence-electron chi connectivity index (χ3n) is 2.44. The minimum absolute atomic E-state index is 0.434. The first kappa shape index (κ1) is 14.2. The summed E-state index contributed by atoms with van der Waals surface area (Å²) < 4.78 is 32.1. The lowest BCUT2D eigenvalue weighted by molar-refractivity contribution is -0.0324. The van der Waals surface area contributed by atoms with Crippen LogP contribution in [0.25, 0.3) is 0 Å². The summed E-state index contributed by atoms with van der Waals surface area (Å²) in [7, 11) is 0. The van der Waals surface area contributed by atoms with E-state index in [1.807, 2.05) is 0 Å². The second-order valence-corrected chi connectivity index (χ2v) is 5.27. The van der Waals surface area contributed by atoms with Crippen LogP contribution in [0.3, 0.4) is 0 Å². The Morgan fingerprint density at radius 1 is 1.47 bits per heavy atom. The molecule has 6 heteroatoms. The molecule has 0 aliphatic carbocycles. The van der Waals surface area contributed by atoms with E-state index in [9.17, 15) is 13.6 Å². The van der Waals surface area contributed by atoms with Gasteiger partial charge in [0.2, 0.25) is 0 Å². The standard InChI is InChI=1S/C11H20F2N2O2/c1-10(2,3)17-9(16)15-7-11(12,13)8-5-4-6-14-8/h8,14H,4-7H2,1-3H3,(H,15,16)/t8-/m0/s1. The molecule has 1 fully saturated rings. The fourth-order valence-electron chi connectivity index (χ4n) is 1.67. The molecule has 1 atom stereocenters. The van der Waals surface area contributed by atoms with E-state index in [2.05, 4.69) is 10.6 Å². The predicted octanol–water partition coefficient (Wildman–Crippen LogP) is 1.90. The van der Waals surface area contributed by atoms with Crippen molar-refractivity contribution >= 4 is 6.09 Å². The number of halogens is 2. The number of amides is 1. The third kappa shape index (κ3) is 4.85. The van der Waals surface area contributed by atoms with Crippen LogP contribution in [0.15, 0.2) is 0 Å². The number of alkyl halides is 2. The van der Waals surface area contributed by atoms with E-state index < -0.39 is 30.2 Å². The Bertz CT molecular complexity index is 271. The summed E-state index contributed by atoms with van der Waals surface area (Å²) in [5.74, 6) is -2.94. The highest BCUT2D eigenvalue weighted by Crippen LogP contribution is 2.24. The molecule has 0 aromatic rings. The minimum Gasteiger partial charge on any atom is -0.444 e. The molecule has 0 unspecified atom stereocenters. The number of nitrogens with one attached hydrogen (secondary N) is 2. The topological polar surface area (TPSA) is 50.4 Å². The maximum atomic E-state index is 13.6. The molecule has 0 saturated carbocycles. The number of alkyl carbamates (subject to hydrolysis) is 1. The molecule has 2 N–H and O–H groups in total. The van der Waals surface area contributed by atoms with Gasteiger partial charge in [0, 0.05) is 0 Å². The van der Waals surface area contributed by atoms with Gasteiger partial charge in [0.15, 0.2) is 0 Å². The number of hydrogen-bond acceptors (Lipinski definition) is 3.